The van der Waals surface area contributed by atoms with E-state index in [1.165, 1.54) is 25.3 Å². The van der Waals surface area contributed by atoms with Gasteiger partial charge in [-0.25, -0.2) is 8.78 Å². The van der Waals surface area contributed by atoms with Crippen LogP contribution in [0.2, 0.25) is 0 Å². The van der Waals surface area contributed by atoms with Gasteiger partial charge in [0, 0.05) is 11.6 Å². The summed E-state index contributed by atoms with van der Waals surface area (Å²) in [6, 6.07) is 8.53. The number of aliphatic hydroxyl groups is 1. The molecular formula is C16H16F2O3. The van der Waals surface area contributed by atoms with Gasteiger partial charge in [0.25, 0.3) is 0 Å². The van der Waals surface area contributed by atoms with E-state index in [-0.39, 0.29) is 12.2 Å². The van der Waals surface area contributed by atoms with E-state index in [9.17, 15) is 13.9 Å². The lowest BCUT2D eigenvalue weighted by atomic mass is 10.1. The number of benzene rings is 2. The van der Waals surface area contributed by atoms with Crippen LogP contribution < -0.4 is 9.47 Å². The average molecular weight is 294 g/mol. The molecule has 0 bridgehead atoms. The number of aliphatic hydroxyl groups excluding tert-OH is 1. The van der Waals surface area contributed by atoms with Gasteiger partial charge in [-0.3, -0.25) is 0 Å². The standard InChI is InChI=1S/C16H16F2O3/c1-10(19)12-7-6-11(20-2)8-16(12)21-9-13-14(17)4-3-5-15(13)18/h3-8,10,19H,9H2,1-2H3. The Kier molecular flexibility index (Phi) is 4.75. The van der Waals surface area contributed by atoms with Crippen molar-refractivity contribution in [3.8, 4) is 11.5 Å². The second-order valence-corrected chi connectivity index (χ2v) is 4.57. The van der Waals surface area contributed by atoms with Crippen LogP contribution >= 0.6 is 0 Å². The first-order valence-electron chi connectivity index (χ1n) is 6.44. The van der Waals surface area contributed by atoms with Crippen molar-refractivity contribution in [1.29, 1.82) is 0 Å². The maximum Gasteiger partial charge on any atom is 0.132 e. The second kappa shape index (κ2) is 6.54. The van der Waals surface area contributed by atoms with Crippen LogP contribution in [0, 0.1) is 11.6 Å². The molecule has 112 valence electrons. The van der Waals surface area contributed by atoms with Gasteiger partial charge in [0.1, 0.15) is 29.7 Å². The fourth-order valence-electron chi connectivity index (χ4n) is 1.93. The van der Waals surface area contributed by atoms with Gasteiger partial charge < -0.3 is 14.6 Å². The number of halogens is 2. The predicted octanol–water partition coefficient (Wildman–Crippen LogP) is 3.61. The van der Waals surface area contributed by atoms with Crippen LogP contribution in [0.25, 0.3) is 0 Å². The highest BCUT2D eigenvalue weighted by atomic mass is 19.1. The first-order valence-corrected chi connectivity index (χ1v) is 6.44. The zero-order chi connectivity index (χ0) is 15.4. The molecule has 0 aromatic heterocycles. The molecule has 0 aliphatic heterocycles. The van der Waals surface area contributed by atoms with Crippen LogP contribution in [0.5, 0.6) is 11.5 Å². The van der Waals surface area contributed by atoms with E-state index in [0.717, 1.165) is 0 Å². The number of ether oxygens (including phenoxy) is 2. The highest BCUT2D eigenvalue weighted by Crippen LogP contribution is 2.30. The summed E-state index contributed by atoms with van der Waals surface area (Å²) >= 11 is 0. The molecule has 0 saturated heterocycles. The summed E-state index contributed by atoms with van der Waals surface area (Å²) in [5.41, 5.74) is 0.365. The average Bonchev–Trinajstić information content (AvgIpc) is 2.46. The monoisotopic (exact) mass is 294 g/mol. The maximum atomic E-state index is 13.6. The first kappa shape index (κ1) is 15.3. The van der Waals surface area contributed by atoms with Crippen molar-refractivity contribution in [2.45, 2.75) is 19.6 Å². The number of hydrogen-bond donors (Lipinski definition) is 1. The van der Waals surface area contributed by atoms with Crippen LogP contribution in [0.1, 0.15) is 24.2 Å². The third-order valence-electron chi connectivity index (χ3n) is 3.10. The van der Waals surface area contributed by atoms with Gasteiger partial charge in [0.05, 0.1) is 18.8 Å². The third-order valence-corrected chi connectivity index (χ3v) is 3.10. The van der Waals surface area contributed by atoms with Crippen LogP contribution in [0.4, 0.5) is 8.78 Å². The zero-order valence-electron chi connectivity index (χ0n) is 11.8. The smallest absolute Gasteiger partial charge is 0.132 e. The Balaban J connectivity index is 2.26. The van der Waals surface area contributed by atoms with E-state index in [1.807, 2.05) is 0 Å². The highest BCUT2D eigenvalue weighted by Gasteiger charge is 2.14. The van der Waals surface area contributed by atoms with Crippen molar-refractivity contribution >= 4 is 0 Å². The van der Waals surface area contributed by atoms with Crippen molar-refractivity contribution in [2.24, 2.45) is 0 Å². The van der Waals surface area contributed by atoms with Crippen LogP contribution in [-0.4, -0.2) is 12.2 Å². The molecule has 0 fully saturated rings. The van der Waals surface area contributed by atoms with Crippen LogP contribution in [0.3, 0.4) is 0 Å². The van der Waals surface area contributed by atoms with Gasteiger partial charge >= 0.3 is 0 Å². The summed E-state index contributed by atoms with van der Waals surface area (Å²) in [4.78, 5) is 0. The summed E-state index contributed by atoms with van der Waals surface area (Å²) in [6.07, 6.45) is -0.767. The topological polar surface area (TPSA) is 38.7 Å². The molecule has 0 aliphatic carbocycles. The molecule has 1 unspecified atom stereocenters. The van der Waals surface area contributed by atoms with E-state index >= 15 is 0 Å². The number of methoxy groups -OCH3 is 1. The molecule has 21 heavy (non-hydrogen) atoms. The van der Waals surface area contributed by atoms with Crippen LogP contribution in [0.15, 0.2) is 36.4 Å². The Morgan fingerprint density at radius 1 is 1.14 bits per heavy atom. The molecular weight excluding hydrogens is 278 g/mol. The summed E-state index contributed by atoms with van der Waals surface area (Å²) in [5, 5.41) is 9.71. The Hall–Kier alpha value is -2.14. The fourth-order valence-corrected chi connectivity index (χ4v) is 1.93. The highest BCUT2D eigenvalue weighted by molar-refractivity contribution is 5.42. The van der Waals surface area contributed by atoms with Gasteiger partial charge in [-0.15, -0.1) is 0 Å². The number of rotatable bonds is 5. The van der Waals surface area contributed by atoms with E-state index < -0.39 is 17.7 Å². The molecule has 3 nitrogen and oxygen atoms in total. The molecule has 0 spiro atoms. The lowest BCUT2D eigenvalue weighted by molar-refractivity contribution is 0.189. The van der Waals surface area contributed by atoms with E-state index in [4.69, 9.17) is 9.47 Å². The minimum absolute atomic E-state index is 0.156. The minimum Gasteiger partial charge on any atom is -0.497 e. The van der Waals surface area contributed by atoms with Crippen molar-refractivity contribution in [1.82, 2.24) is 0 Å². The van der Waals surface area contributed by atoms with Crippen molar-refractivity contribution < 1.29 is 23.4 Å². The molecule has 0 saturated carbocycles. The Bertz CT molecular complexity index is 607. The van der Waals surface area contributed by atoms with Crippen molar-refractivity contribution in [3.05, 3.63) is 59.2 Å². The molecule has 1 N–H and O–H groups in total. The Morgan fingerprint density at radius 3 is 2.38 bits per heavy atom. The third kappa shape index (κ3) is 3.49. The lowest BCUT2D eigenvalue weighted by Gasteiger charge is -2.15. The molecule has 5 heteroatoms. The summed E-state index contributed by atoms with van der Waals surface area (Å²) in [5.74, 6) is -0.483. The molecule has 1 atom stereocenters. The van der Waals surface area contributed by atoms with Crippen LogP contribution in [-0.2, 0) is 6.61 Å². The first-order chi connectivity index (χ1) is 10.0. The van der Waals surface area contributed by atoms with Gasteiger partial charge in [-0.2, -0.15) is 0 Å². The molecule has 2 aromatic carbocycles. The quantitative estimate of drug-likeness (QED) is 0.915. The maximum absolute atomic E-state index is 13.6. The molecule has 0 amide bonds. The van der Waals surface area contributed by atoms with Gasteiger partial charge in [0.15, 0.2) is 0 Å². The SMILES string of the molecule is COc1ccc(C(C)O)c(OCc2c(F)cccc2F)c1. The minimum atomic E-state index is -0.767. The van der Waals surface area contributed by atoms with Gasteiger partial charge in [0.2, 0.25) is 0 Å². The fraction of sp³-hybridized carbons (Fsp3) is 0.250. The lowest BCUT2D eigenvalue weighted by Crippen LogP contribution is -2.05. The van der Waals surface area contributed by atoms with Gasteiger partial charge in [-0.1, -0.05) is 6.07 Å². The Labute approximate surface area is 121 Å². The second-order valence-electron chi connectivity index (χ2n) is 4.57. The normalized spacial score (nSPS) is 12.0. The summed E-state index contributed by atoms with van der Waals surface area (Å²) in [6.45, 7) is 1.31. The molecule has 2 rings (SSSR count). The van der Waals surface area contributed by atoms with Crippen molar-refractivity contribution in [2.75, 3.05) is 7.11 Å². The molecule has 0 aliphatic rings. The molecule has 2 aromatic rings. The van der Waals surface area contributed by atoms with E-state index in [1.54, 1.807) is 25.1 Å². The summed E-state index contributed by atoms with van der Waals surface area (Å²) < 4.78 is 37.7. The van der Waals surface area contributed by atoms with E-state index in [0.29, 0.717) is 17.1 Å². The van der Waals surface area contributed by atoms with Gasteiger partial charge in [-0.05, 0) is 31.2 Å². The zero-order valence-corrected chi connectivity index (χ0v) is 11.8. The van der Waals surface area contributed by atoms with E-state index in [2.05, 4.69) is 0 Å². The molecule has 0 radical (unpaired) electrons. The largest absolute Gasteiger partial charge is 0.497 e. The predicted molar refractivity (Wildman–Crippen MR) is 74.3 cm³/mol. The summed E-state index contributed by atoms with van der Waals surface area (Å²) in [7, 11) is 1.50. The Morgan fingerprint density at radius 2 is 1.81 bits per heavy atom. The number of hydrogen-bond acceptors (Lipinski definition) is 3. The molecule has 0 heterocycles. The van der Waals surface area contributed by atoms with Crippen molar-refractivity contribution in [3.63, 3.8) is 0 Å².